The molecule has 18 heavy (non-hydrogen) atoms. The maximum absolute atomic E-state index is 6.03. The number of anilines is 4. The predicted octanol–water partition coefficient (Wildman–Crippen LogP) is 2.39. The summed E-state index contributed by atoms with van der Waals surface area (Å²) in [4.78, 5) is 7.87. The summed E-state index contributed by atoms with van der Waals surface area (Å²) < 4.78 is 0. The Bertz CT molecular complexity index is 554. The average Bonchev–Trinajstić information content (AvgIpc) is 2.33. The van der Waals surface area contributed by atoms with Gasteiger partial charge >= 0.3 is 0 Å². The summed E-state index contributed by atoms with van der Waals surface area (Å²) in [6.07, 6.45) is 0. The first-order chi connectivity index (χ1) is 8.60. The molecule has 0 saturated heterocycles. The van der Waals surface area contributed by atoms with Gasteiger partial charge in [-0.05, 0) is 12.1 Å². The van der Waals surface area contributed by atoms with Crippen LogP contribution in [0, 0.1) is 0 Å². The molecule has 6 N–H and O–H groups in total. The van der Waals surface area contributed by atoms with E-state index in [4.69, 9.17) is 34.8 Å². The van der Waals surface area contributed by atoms with Crippen molar-refractivity contribution in [3.8, 4) is 0 Å². The van der Waals surface area contributed by atoms with Gasteiger partial charge < -0.3 is 16.5 Å². The monoisotopic (exact) mass is 284 g/mol. The number of hydrogen-bond acceptors (Lipinski definition) is 6. The fourth-order valence-electron chi connectivity index (χ4n) is 1.35. The minimum Gasteiger partial charge on any atom is -0.368 e. The van der Waals surface area contributed by atoms with Crippen LogP contribution in [0.3, 0.4) is 0 Å². The number of nitrogens with zero attached hydrogens (tertiary/aromatic N) is 2. The van der Waals surface area contributed by atoms with Gasteiger partial charge in [-0.1, -0.05) is 29.3 Å². The molecule has 0 atom stereocenters. The van der Waals surface area contributed by atoms with E-state index in [1.165, 1.54) is 0 Å². The molecular weight excluding hydrogens is 275 g/mol. The van der Waals surface area contributed by atoms with Crippen LogP contribution in [0.5, 0.6) is 0 Å². The van der Waals surface area contributed by atoms with Gasteiger partial charge in [0.1, 0.15) is 11.6 Å². The van der Waals surface area contributed by atoms with Gasteiger partial charge in [0.15, 0.2) is 0 Å². The maximum atomic E-state index is 6.03. The zero-order chi connectivity index (χ0) is 13.1. The molecule has 6 nitrogen and oxygen atoms in total. The fraction of sp³-hybridized carbons (Fsp3) is 0. The Morgan fingerprint density at radius 2 is 1.67 bits per heavy atom. The predicted molar refractivity (Wildman–Crippen MR) is 74.0 cm³/mol. The van der Waals surface area contributed by atoms with Crippen molar-refractivity contribution in [2.45, 2.75) is 0 Å². The van der Waals surface area contributed by atoms with Crippen LogP contribution >= 0.6 is 23.2 Å². The van der Waals surface area contributed by atoms with Crippen LogP contribution in [0.4, 0.5) is 23.3 Å². The Balaban J connectivity index is 2.37. The molecule has 0 fully saturated rings. The zero-order valence-corrected chi connectivity index (χ0v) is 10.6. The van der Waals surface area contributed by atoms with Crippen molar-refractivity contribution in [1.29, 1.82) is 0 Å². The van der Waals surface area contributed by atoms with Gasteiger partial charge in [-0.25, -0.2) is 5.84 Å². The summed E-state index contributed by atoms with van der Waals surface area (Å²) in [5, 5.41) is 3.91. The lowest BCUT2D eigenvalue weighted by molar-refractivity contribution is 1.15. The Morgan fingerprint density at radius 3 is 2.28 bits per heavy atom. The molecule has 8 heteroatoms. The van der Waals surface area contributed by atoms with E-state index >= 15 is 0 Å². The van der Waals surface area contributed by atoms with Crippen LogP contribution in [0.25, 0.3) is 0 Å². The highest BCUT2D eigenvalue weighted by Crippen LogP contribution is 2.32. The molecule has 0 amide bonds. The average molecular weight is 285 g/mol. The first-order valence-corrected chi connectivity index (χ1v) is 5.68. The number of aromatic nitrogens is 2. The second-order valence-electron chi connectivity index (χ2n) is 3.36. The van der Waals surface area contributed by atoms with E-state index in [1.54, 1.807) is 24.3 Å². The Hall–Kier alpha value is -1.76. The van der Waals surface area contributed by atoms with Crippen molar-refractivity contribution in [2.24, 2.45) is 5.84 Å². The van der Waals surface area contributed by atoms with Crippen molar-refractivity contribution in [2.75, 3.05) is 16.5 Å². The summed E-state index contributed by atoms with van der Waals surface area (Å²) in [6.45, 7) is 0. The van der Waals surface area contributed by atoms with E-state index < -0.39 is 0 Å². The Labute approximate surface area is 113 Å². The number of rotatable bonds is 3. The standard InChI is InChI=1S/C10H10Cl2N6/c11-5-2-1-3-6(12)9(5)15-7-4-8(18-14)17-10(13)16-7/h1-4H,14H2,(H4,13,15,16,17,18). The van der Waals surface area contributed by atoms with E-state index in [1.807, 2.05) is 0 Å². The van der Waals surface area contributed by atoms with Crippen molar-refractivity contribution < 1.29 is 0 Å². The summed E-state index contributed by atoms with van der Waals surface area (Å²) >= 11 is 12.1. The van der Waals surface area contributed by atoms with Gasteiger partial charge in [0.2, 0.25) is 5.95 Å². The molecule has 0 aliphatic carbocycles. The van der Waals surface area contributed by atoms with E-state index in [9.17, 15) is 0 Å². The molecular formula is C10H10Cl2N6. The van der Waals surface area contributed by atoms with Gasteiger partial charge in [0, 0.05) is 6.07 Å². The molecule has 0 saturated carbocycles. The third kappa shape index (κ3) is 2.73. The second-order valence-corrected chi connectivity index (χ2v) is 4.18. The molecule has 0 unspecified atom stereocenters. The summed E-state index contributed by atoms with van der Waals surface area (Å²) in [5.41, 5.74) is 8.47. The lowest BCUT2D eigenvalue weighted by atomic mass is 10.3. The molecule has 94 valence electrons. The first kappa shape index (κ1) is 12.7. The number of hydrazine groups is 1. The molecule has 0 bridgehead atoms. The largest absolute Gasteiger partial charge is 0.368 e. The minimum absolute atomic E-state index is 0.0797. The molecule has 2 rings (SSSR count). The number of benzene rings is 1. The van der Waals surface area contributed by atoms with Crippen LogP contribution in [-0.2, 0) is 0 Å². The number of nitrogens with two attached hydrogens (primary N) is 2. The summed E-state index contributed by atoms with van der Waals surface area (Å²) in [5.74, 6) is 6.16. The van der Waals surface area contributed by atoms with E-state index in [2.05, 4.69) is 20.7 Å². The molecule has 0 radical (unpaired) electrons. The van der Waals surface area contributed by atoms with Crippen LogP contribution in [0.2, 0.25) is 10.0 Å². The summed E-state index contributed by atoms with van der Waals surface area (Å²) in [7, 11) is 0. The molecule has 1 heterocycles. The van der Waals surface area contributed by atoms with E-state index in [-0.39, 0.29) is 5.95 Å². The molecule has 0 aliphatic rings. The molecule has 1 aromatic carbocycles. The highest BCUT2D eigenvalue weighted by atomic mass is 35.5. The van der Waals surface area contributed by atoms with Gasteiger partial charge in [-0.15, -0.1) is 0 Å². The Kier molecular flexibility index (Phi) is 3.71. The van der Waals surface area contributed by atoms with Gasteiger partial charge in [-0.2, -0.15) is 9.97 Å². The van der Waals surface area contributed by atoms with E-state index in [0.717, 1.165) is 0 Å². The third-order valence-corrected chi connectivity index (χ3v) is 2.74. The van der Waals surface area contributed by atoms with Gasteiger partial charge in [-0.3, -0.25) is 0 Å². The minimum atomic E-state index is 0.0797. The molecule has 0 aliphatic heterocycles. The maximum Gasteiger partial charge on any atom is 0.223 e. The zero-order valence-electron chi connectivity index (χ0n) is 9.11. The smallest absolute Gasteiger partial charge is 0.223 e. The Morgan fingerprint density at radius 1 is 1.06 bits per heavy atom. The molecule has 0 spiro atoms. The molecule has 1 aromatic heterocycles. The fourth-order valence-corrected chi connectivity index (χ4v) is 1.84. The van der Waals surface area contributed by atoms with Crippen LogP contribution < -0.4 is 22.3 Å². The number of para-hydroxylation sites is 1. The number of nitrogen functional groups attached to an aromatic ring is 2. The first-order valence-electron chi connectivity index (χ1n) is 4.92. The van der Waals surface area contributed by atoms with Crippen molar-refractivity contribution in [3.05, 3.63) is 34.3 Å². The van der Waals surface area contributed by atoms with Crippen molar-refractivity contribution in [3.63, 3.8) is 0 Å². The lowest BCUT2D eigenvalue weighted by Gasteiger charge is -2.10. The van der Waals surface area contributed by atoms with Crippen LogP contribution in [0.15, 0.2) is 24.3 Å². The van der Waals surface area contributed by atoms with Gasteiger partial charge in [0.25, 0.3) is 0 Å². The SMILES string of the molecule is NNc1cc(Nc2c(Cl)cccc2Cl)nc(N)n1. The summed E-state index contributed by atoms with van der Waals surface area (Å²) in [6, 6.07) is 6.75. The third-order valence-electron chi connectivity index (χ3n) is 2.11. The number of nitrogens with one attached hydrogen (secondary N) is 2. The van der Waals surface area contributed by atoms with Crippen LogP contribution in [-0.4, -0.2) is 9.97 Å². The highest BCUT2D eigenvalue weighted by molar-refractivity contribution is 6.39. The number of hydrogen-bond donors (Lipinski definition) is 4. The topological polar surface area (TPSA) is 102 Å². The normalized spacial score (nSPS) is 10.2. The lowest BCUT2D eigenvalue weighted by Crippen LogP contribution is -2.11. The van der Waals surface area contributed by atoms with Crippen LogP contribution in [0.1, 0.15) is 0 Å². The molecule has 2 aromatic rings. The highest BCUT2D eigenvalue weighted by Gasteiger charge is 2.08. The van der Waals surface area contributed by atoms with Gasteiger partial charge in [0.05, 0.1) is 15.7 Å². The second kappa shape index (κ2) is 5.26. The van der Waals surface area contributed by atoms with Crippen molar-refractivity contribution in [1.82, 2.24) is 9.97 Å². The quantitative estimate of drug-likeness (QED) is 0.510. The van der Waals surface area contributed by atoms with Crippen molar-refractivity contribution >= 4 is 46.5 Å². The number of halogens is 2. The van der Waals surface area contributed by atoms with E-state index in [0.29, 0.717) is 27.4 Å².